The zero-order valence-corrected chi connectivity index (χ0v) is 9.83. The minimum absolute atomic E-state index is 0.372. The fraction of sp³-hybridized carbons (Fsp3) is 1.00. The number of ether oxygens (including phenoxy) is 1. The van der Waals surface area contributed by atoms with Crippen LogP contribution in [0.2, 0.25) is 0 Å². The van der Waals surface area contributed by atoms with Crippen molar-refractivity contribution in [2.45, 2.75) is 46.1 Å². The van der Waals surface area contributed by atoms with Crippen LogP contribution in [-0.2, 0) is 4.74 Å². The van der Waals surface area contributed by atoms with Gasteiger partial charge in [-0.15, -0.1) is 0 Å². The Morgan fingerprint density at radius 3 is 2.64 bits per heavy atom. The normalized spacial score (nSPS) is 33.6. The van der Waals surface area contributed by atoms with Gasteiger partial charge in [0.15, 0.2) is 0 Å². The van der Waals surface area contributed by atoms with Crippen molar-refractivity contribution in [3.05, 3.63) is 0 Å². The van der Waals surface area contributed by atoms with Gasteiger partial charge in [0.25, 0.3) is 0 Å². The standard InChI is InChI=1S/C12H25NO/c1-4-14-8-11-7-10(9(2)3)5-6-12(11)13/h9-12H,4-8,13H2,1-3H3. The lowest BCUT2D eigenvalue weighted by Crippen LogP contribution is -2.39. The van der Waals surface area contributed by atoms with Crippen molar-refractivity contribution in [2.75, 3.05) is 13.2 Å². The van der Waals surface area contributed by atoms with Crippen molar-refractivity contribution >= 4 is 0 Å². The summed E-state index contributed by atoms with van der Waals surface area (Å²) in [7, 11) is 0. The first-order valence-electron chi connectivity index (χ1n) is 5.98. The maximum Gasteiger partial charge on any atom is 0.0509 e. The Bertz CT molecular complexity index is 158. The van der Waals surface area contributed by atoms with E-state index in [0.717, 1.165) is 25.0 Å². The summed E-state index contributed by atoms with van der Waals surface area (Å²) in [6, 6.07) is 0.372. The molecule has 0 amide bonds. The zero-order chi connectivity index (χ0) is 10.6. The highest BCUT2D eigenvalue weighted by Gasteiger charge is 2.29. The molecular weight excluding hydrogens is 174 g/mol. The first-order valence-corrected chi connectivity index (χ1v) is 5.98. The highest BCUT2D eigenvalue weighted by molar-refractivity contribution is 4.83. The van der Waals surface area contributed by atoms with Crippen molar-refractivity contribution < 1.29 is 4.74 Å². The van der Waals surface area contributed by atoms with Gasteiger partial charge < -0.3 is 10.5 Å². The second-order valence-corrected chi connectivity index (χ2v) is 4.90. The average Bonchev–Trinajstić information content (AvgIpc) is 2.16. The summed E-state index contributed by atoms with van der Waals surface area (Å²) in [5.74, 6) is 2.25. The molecule has 0 bridgehead atoms. The topological polar surface area (TPSA) is 35.2 Å². The smallest absolute Gasteiger partial charge is 0.0509 e. The number of rotatable bonds is 4. The van der Waals surface area contributed by atoms with Crippen LogP contribution in [0.25, 0.3) is 0 Å². The van der Waals surface area contributed by atoms with E-state index < -0.39 is 0 Å². The van der Waals surface area contributed by atoms with Gasteiger partial charge in [0.05, 0.1) is 6.61 Å². The molecule has 2 heteroatoms. The first kappa shape index (κ1) is 12.0. The van der Waals surface area contributed by atoms with Crippen LogP contribution in [0.5, 0.6) is 0 Å². The maximum absolute atomic E-state index is 6.10. The van der Waals surface area contributed by atoms with Crippen LogP contribution in [0, 0.1) is 17.8 Å². The van der Waals surface area contributed by atoms with Gasteiger partial charge in [0.1, 0.15) is 0 Å². The summed E-state index contributed by atoms with van der Waals surface area (Å²) in [5, 5.41) is 0. The average molecular weight is 199 g/mol. The van der Waals surface area contributed by atoms with E-state index in [4.69, 9.17) is 10.5 Å². The van der Waals surface area contributed by atoms with E-state index in [2.05, 4.69) is 13.8 Å². The lowest BCUT2D eigenvalue weighted by atomic mass is 9.74. The number of hydrogen-bond donors (Lipinski definition) is 1. The third-order valence-electron chi connectivity index (χ3n) is 3.56. The van der Waals surface area contributed by atoms with Crippen LogP contribution >= 0.6 is 0 Å². The molecule has 3 atom stereocenters. The third kappa shape index (κ3) is 3.25. The van der Waals surface area contributed by atoms with Crippen LogP contribution in [0.15, 0.2) is 0 Å². The second kappa shape index (κ2) is 5.72. The second-order valence-electron chi connectivity index (χ2n) is 4.90. The molecule has 0 heterocycles. The fourth-order valence-corrected chi connectivity index (χ4v) is 2.39. The van der Waals surface area contributed by atoms with Gasteiger partial charge in [0, 0.05) is 12.6 Å². The predicted molar refractivity (Wildman–Crippen MR) is 60.1 cm³/mol. The lowest BCUT2D eigenvalue weighted by Gasteiger charge is -2.35. The Hall–Kier alpha value is -0.0800. The summed E-state index contributed by atoms with van der Waals surface area (Å²) < 4.78 is 5.49. The van der Waals surface area contributed by atoms with Crippen molar-refractivity contribution in [1.29, 1.82) is 0 Å². The highest BCUT2D eigenvalue weighted by Crippen LogP contribution is 2.33. The fourth-order valence-electron chi connectivity index (χ4n) is 2.39. The molecule has 0 spiro atoms. The first-order chi connectivity index (χ1) is 6.65. The summed E-state index contributed by atoms with van der Waals surface area (Å²) in [6.07, 6.45) is 3.75. The van der Waals surface area contributed by atoms with Gasteiger partial charge in [-0.2, -0.15) is 0 Å². The van der Waals surface area contributed by atoms with Crippen LogP contribution < -0.4 is 5.73 Å². The molecule has 0 aromatic carbocycles. The summed E-state index contributed by atoms with van der Waals surface area (Å²) >= 11 is 0. The molecule has 1 aliphatic rings. The molecule has 1 aliphatic carbocycles. The van der Waals surface area contributed by atoms with E-state index in [0.29, 0.717) is 12.0 Å². The van der Waals surface area contributed by atoms with E-state index in [1.165, 1.54) is 19.3 Å². The Kier molecular flexibility index (Phi) is 4.90. The minimum atomic E-state index is 0.372. The van der Waals surface area contributed by atoms with Crippen molar-refractivity contribution in [3.8, 4) is 0 Å². The molecule has 14 heavy (non-hydrogen) atoms. The van der Waals surface area contributed by atoms with Crippen molar-refractivity contribution in [3.63, 3.8) is 0 Å². The van der Waals surface area contributed by atoms with Crippen LogP contribution in [0.3, 0.4) is 0 Å². The largest absolute Gasteiger partial charge is 0.381 e. The zero-order valence-electron chi connectivity index (χ0n) is 9.83. The third-order valence-corrected chi connectivity index (χ3v) is 3.56. The van der Waals surface area contributed by atoms with Gasteiger partial charge in [-0.25, -0.2) is 0 Å². The molecule has 0 aromatic rings. The minimum Gasteiger partial charge on any atom is -0.381 e. The van der Waals surface area contributed by atoms with Gasteiger partial charge in [-0.1, -0.05) is 13.8 Å². The molecule has 1 saturated carbocycles. The van der Waals surface area contributed by atoms with Crippen LogP contribution in [0.4, 0.5) is 0 Å². The Balaban J connectivity index is 2.38. The molecular formula is C12H25NO. The molecule has 0 radical (unpaired) electrons. The summed E-state index contributed by atoms with van der Waals surface area (Å²) in [5.41, 5.74) is 6.10. The van der Waals surface area contributed by atoms with E-state index in [1.807, 2.05) is 6.92 Å². The Labute approximate surface area is 88.2 Å². The molecule has 84 valence electrons. The van der Waals surface area contributed by atoms with E-state index in [9.17, 15) is 0 Å². The number of nitrogens with two attached hydrogens (primary N) is 1. The Morgan fingerprint density at radius 1 is 1.36 bits per heavy atom. The summed E-state index contributed by atoms with van der Waals surface area (Å²) in [4.78, 5) is 0. The number of hydrogen-bond acceptors (Lipinski definition) is 2. The van der Waals surface area contributed by atoms with Crippen LogP contribution in [-0.4, -0.2) is 19.3 Å². The molecule has 2 nitrogen and oxygen atoms in total. The van der Waals surface area contributed by atoms with E-state index in [1.54, 1.807) is 0 Å². The molecule has 1 fully saturated rings. The van der Waals surface area contributed by atoms with Gasteiger partial charge in [-0.3, -0.25) is 0 Å². The molecule has 3 unspecified atom stereocenters. The van der Waals surface area contributed by atoms with Gasteiger partial charge in [-0.05, 0) is 43.9 Å². The molecule has 2 N–H and O–H groups in total. The maximum atomic E-state index is 6.10. The molecule has 0 aliphatic heterocycles. The van der Waals surface area contributed by atoms with E-state index >= 15 is 0 Å². The Morgan fingerprint density at radius 2 is 2.07 bits per heavy atom. The molecule has 0 aromatic heterocycles. The SMILES string of the molecule is CCOCC1CC(C(C)C)CCC1N. The highest BCUT2D eigenvalue weighted by atomic mass is 16.5. The molecule has 0 saturated heterocycles. The predicted octanol–water partition coefficient (Wildman–Crippen LogP) is 2.42. The monoisotopic (exact) mass is 199 g/mol. The van der Waals surface area contributed by atoms with Crippen molar-refractivity contribution in [1.82, 2.24) is 0 Å². The lowest BCUT2D eigenvalue weighted by molar-refractivity contribution is 0.0648. The van der Waals surface area contributed by atoms with Crippen LogP contribution in [0.1, 0.15) is 40.0 Å². The quantitative estimate of drug-likeness (QED) is 0.754. The van der Waals surface area contributed by atoms with Gasteiger partial charge in [0.2, 0.25) is 0 Å². The molecule has 1 rings (SSSR count). The van der Waals surface area contributed by atoms with Gasteiger partial charge >= 0.3 is 0 Å². The summed E-state index contributed by atoms with van der Waals surface area (Å²) in [6.45, 7) is 8.36. The van der Waals surface area contributed by atoms with E-state index in [-0.39, 0.29) is 0 Å². The van der Waals surface area contributed by atoms with Crippen molar-refractivity contribution in [2.24, 2.45) is 23.5 Å².